The molecule has 2 aromatic carbocycles. The van der Waals surface area contributed by atoms with E-state index >= 15 is 0 Å². The van der Waals surface area contributed by atoms with Crippen LogP contribution in [0.1, 0.15) is 23.7 Å². The smallest absolute Gasteiger partial charge is 0.126 e. The molecular formula is C17H17ClN2S. The number of thioether (sulfide) groups is 1. The first kappa shape index (κ1) is 14.6. The van der Waals surface area contributed by atoms with Crippen molar-refractivity contribution in [2.45, 2.75) is 23.2 Å². The summed E-state index contributed by atoms with van der Waals surface area (Å²) in [6.45, 7) is 0.990. The van der Waals surface area contributed by atoms with Crippen LogP contribution in [0.5, 0.6) is 0 Å². The van der Waals surface area contributed by atoms with Crippen LogP contribution in [0.2, 0.25) is 5.02 Å². The quantitative estimate of drug-likeness (QED) is 0.827. The summed E-state index contributed by atoms with van der Waals surface area (Å²) in [6.07, 6.45) is 3.12. The van der Waals surface area contributed by atoms with Gasteiger partial charge in [-0.25, -0.2) is 0 Å². The van der Waals surface area contributed by atoms with Gasteiger partial charge >= 0.3 is 0 Å². The van der Waals surface area contributed by atoms with Gasteiger partial charge in [-0.3, -0.25) is 10.3 Å². The van der Waals surface area contributed by atoms with Crippen molar-refractivity contribution in [3.8, 4) is 0 Å². The second-order valence-electron chi connectivity index (χ2n) is 4.93. The number of nitrogens with one attached hydrogen (secondary N) is 1. The second-order valence-corrected chi connectivity index (χ2v) is 6.38. The molecule has 0 saturated heterocycles. The van der Waals surface area contributed by atoms with Crippen molar-refractivity contribution in [3.05, 3.63) is 64.7 Å². The maximum absolute atomic E-state index is 5.92. The van der Waals surface area contributed by atoms with Crippen LogP contribution >= 0.6 is 23.4 Å². The normalized spacial score (nSPS) is 17.9. The minimum Gasteiger partial charge on any atom is -0.292 e. The number of rotatable bonds is 4. The molecule has 1 heterocycles. The van der Waals surface area contributed by atoms with E-state index in [1.54, 1.807) is 0 Å². The molecule has 1 unspecified atom stereocenters. The van der Waals surface area contributed by atoms with Gasteiger partial charge in [0.2, 0.25) is 0 Å². The standard InChI is InChI=1S/C17H17ClN2S/c18-14-8-6-13(7-9-14)12-21-16-5-2-1-4-15(16)17-19-10-3-11-20-17/h1-2,4-10,17,20H,3,11-12H2. The summed E-state index contributed by atoms with van der Waals surface area (Å²) in [7, 11) is 0. The van der Waals surface area contributed by atoms with Crippen LogP contribution in [0.25, 0.3) is 0 Å². The summed E-state index contributed by atoms with van der Waals surface area (Å²) >= 11 is 7.77. The van der Waals surface area contributed by atoms with Crippen molar-refractivity contribution in [3.63, 3.8) is 0 Å². The van der Waals surface area contributed by atoms with Crippen LogP contribution in [0.3, 0.4) is 0 Å². The van der Waals surface area contributed by atoms with E-state index in [0.29, 0.717) is 0 Å². The summed E-state index contributed by atoms with van der Waals surface area (Å²) in [5.41, 5.74) is 2.53. The lowest BCUT2D eigenvalue weighted by molar-refractivity contribution is 0.540. The minimum absolute atomic E-state index is 0.0904. The number of aliphatic imine (C=N–C) groups is 1. The predicted molar refractivity (Wildman–Crippen MR) is 91.3 cm³/mol. The average molecular weight is 317 g/mol. The van der Waals surface area contributed by atoms with Crippen molar-refractivity contribution in [2.24, 2.45) is 4.99 Å². The molecule has 0 fully saturated rings. The van der Waals surface area contributed by atoms with Gasteiger partial charge in [0.15, 0.2) is 0 Å². The molecule has 0 spiro atoms. The van der Waals surface area contributed by atoms with Gasteiger partial charge in [-0.05, 0) is 30.2 Å². The lowest BCUT2D eigenvalue weighted by Crippen LogP contribution is -2.25. The van der Waals surface area contributed by atoms with Crippen LogP contribution in [-0.4, -0.2) is 12.8 Å². The number of benzene rings is 2. The highest BCUT2D eigenvalue weighted by Gasteiger charge is 2.15. The predicted octanol–water partition coefficient (Wildman–Crippen LogP) is 4.70. The highest BCUT2D eigenvalue weighted by atomic mass is 35.5. The summed E-state index contributed by atoms with van der Waals surface area (Å²) in [4.78, 5) is 5.84. The molecule has 0 aromatic heterocycles. The first-order valence-electron chi connectivity index (χ1n) is 7.04. The lowest BCUT2D eigenvalue weighted by atomic mass is 10.1. The average Bonchev–Trinajstić information content (AvgIpc) is 2.55. The molecule has 21 heavy (non-hydrogen) atoms. The van der Waals surface area contributed by atoms with E-state index in [2.05, 4.69) is 46.7 Å². The highest BCUT2D eigenvalue weighted by molar-refractivity contribution is 7.98. The molecule has 2 aromatic rings. The molecule has 1 aliphatic rings. The van der Waals surface area contributed by atoms with Crippen LogP contribution < -0.4 is 5.32 Å². The fourth-order valence-electron chi connectivity index (χ4n) is 2.29. The van der Waals surface area contributed by atoms with Gasteiger partial charge in [-0.2, -0.15) is 0 Å². The van der Waals surface area contributed by atoms with Crippen molar-refractivity contribution < 1.29 is 0 Å². The summed E-state index contributed by atoms with van der Waals surface area (Å²) in [6, 6.07) is 16.5. The Morgan fingerprint density at radius 3 is 2.71 bits per heavy atom. The first-order valence-corrected chi connectivity index (χ1v) is 8.40. The van der Waals surface area contributed by atoms with Gasteiger partial charge in [-0.15, -0.1) is 11.8 Å². The fraction of sp³-hybridized carbons (Fsp3) is 0.235. The highest BCUT2D eigenvalue weighted by Crippen LogP contribution is 2.31. The van der Waals surface area contributed by atoms with Crippen LogP contribution in [0.15, 0.2) is 58.4 Å². The van der Waals surface area contributed by atoms with Crippen molar-refractivity contribution in [1.82, 2.24) is 5.32 Å². The zero-order valence-corrected chi connectivity index (χ0v) is 13.2. The molecule has 1 N–H and O–H groups in total. The van der Waals surface area contributed by atoms with Crippen LogP contribution in [-0.2, 0) is 5.75 Å². The van der Waals surface area contributed by atoms with E-state index in [0.717, 1.165) is 23.7 Å². The Balaban J connectivity index is 1.74. The Morgan fingerprint density at radius 1 is 1.14 bits per heavy atom. The zero-order chi connectivity index (χ0) is 14.5. The molecule has 3 rings (SSSR count). The zero-order valence-electron chi connectivity index (χ0n) is 11.6. The maximum Gasteiger partial charge on any atom is 0.126 e. The number of hydrogen-bond donors (Lipinski definition) is 1. The van der Waals surface area contributed by atoms with E-state index in [9.17, 15) is 0 Å². The molecule has 0 amide bonds. The largest absolute Gasteiger partial charge is 0.292 e. The van der Waals surface area contributed by atoms with Gasteiger partial charge < -0.3 is 0 Å². The van der Waals surface area contributed by atoms with Gasteiger partial charge in [0.1, 0.15) is 6.17 Å². The molecular weight excluding hydrogens is 300 g/mol. The molecule has 2 nitrogen and oxygen atoms in total. The molecule has 0 radical (unpaired) electrons. The van der Waals surface area contributed by atoms with Gasteiger partial charge in [0.25, 0.3) is 0 Å². The van der Waals surface area contributed by atoms with Gasteiger partial charge in [0, 0.05) is 34.0 Å². The maximum atomic E-state index is 5.92. The Labute approximate surface area is 134 Å². The van der Waals surface area contributed by atoms with E-state index in [-0.39, 0.29) is 6.17 Å². The van der Waals surface area contributed by atoms with Crippen molar-refractivity contribution in [1.29, 1.82) is 0 Å². The van der Waals surface area contributed by atoms with E-state index in [1.165, 1.54) is 16.0 Å². The van der Waals surface area contributed by atoms with Gasteiger partial charge in [0.05, 0.1) is 0 Å². The summed E-state index contributed by atoms with van der Waals surface area (Å²) in [5, 5.41) is 4.24. The SMILES string of the molecule is Clc1ccc(CSc2ccccc2C2N=CCCN2)cc1. The molecule has 1 aliphatic heterocycles. The second kappa shape index (κ2) is 7.12. The number of nitrogens with zero attached hydrogens (tertiary/aromatic N) is 1. The Hall–Kier alpha value is -1.29. The monoisotopic (exact) mass is 316 g/mol. The molecule has 1 atom stereocenters. The van der Waals surface area contributed by atoms with E-state index in [1.807, 2.05) is 30.1 Å². The van der Waals surface area contributed by atoms with Crippen molar-refractivity contribution in [2.75, 3.05) is 6.54 Å². The Morgan fingerprint density at radius 2 is 1.95 bits per heavy atom. The summed E-state index contributed by atoms with van der Waals surface area (Å²) in [5.74, 6) is 0.935. The third-order valence-corrected chi connectivity index (χ3v) is 4.80. The van der Waals surface area contributed by atoms with Gasteiger partial charge in [-0.1, -0.05) is 41.9 Å². The first-order chi connectivity index (χ1) is 10.3. The summed E-state index contributed by atoms with van der Waals surface area (Å²) < 4.78 is 0. The third kappa shape index (κ3) is 3.88. The van der Waals surface area contributed by atoms with Crippen molar-refractivity contribution >= 4 is 29.6 Å². The fourth-order valence-corrected chi connectivity index (χ4v) is 3.45. The molecule has 0 saturated carbocycles. The Kier molecular flexibility index (Phi) is 4.96. The minimum atomic E-state index is 0.0904. The number of hydrogen-bond acceptors (Lipinski definition) is 3. The molecule has 108 valence electrons. The van der Waals surface area contributed by atoms with Crippen LogP contribution in [0, 0.1) is 0 Å². The lowest BCUT2D eigenvalue weighted by Gasteiger charge is -2.20. The Bertz CT molecular complexity index is 625. The van der Waals surface area contributed by atoms with E-state index in [4.69, 9.17) is 11.6 Å². The van der Waals surface area contributed by atoms with E-state index < -0.39 is 0 Å². The third-order valence-electron chi connectivity index (χ3n) is 3.39. The molecule has 0 aliphatic carbocycles. The van der Waals surface area contributed by atoms with Crippen LogP contribution in [0.4, 0.5) is 0 Å². The molecule has 0 bridgehead atoms. The molecule has 4 heteroatoms. The number of halogens is 1. The topological polar surface area (TPSA) is 24.4 Å².